The van der Waals surface area contributed by atoms with Crippen LogP contribution in [0.4, 0.5) is 17.6 Å². The van der Waals surface area contributed by atoms with Gasteiger partial charge in [0.05, 0.1) is 5.56 Å². The second kappa shape index (κ2) is 9.02. The van der Waals surface area contributed by atoms with E-state index < -0.39 is 30.2 Å². The third-order valence-corrected chi connectivity index (χ3v) is 3.43. The number of nitrogens with one attached hydrogen (secondary N) is 2. The van der Waals surface area contributed by atoms with E-state index in [1.807, 2.05) is 0 Å². The standard InChI is InChI=1S/C18H16F4N2O3/c19-14-7-4-12(5-8-14)6-9-16(25)23-24-17(26)11-27-15-3-1-2-13(10-15)18(20,21)22/h1-5,7-8,10H,6,9,11H2,(H,23,25)(H,24,26). The SMILES string of the molecule is O=C(CCc1ccc(F)cc1)NNC(=O)COc1cccc(C(F)(F)F)c1. The highest BCUT2D eigenvalue weighted by molar-refractivity contribution is 5.82. The van der Waals surface area contributed by atoms with Crippen LogP contribution in [0.25, 0.3) is 0 Å². The Morgan fingerprint density at radius 3 is 2.30 bits per heavy atom. The van der Waals surface area contributed by atoms with Gasteiger partial charge in [-0.15, -0.1) is 0 Å². The van der Waals surface area contributed by atoms with Gasteiger partial charge < -0.3 is 4.74 Å². The molecule has 27 heavy (non-hydrogen) atoms. The van der Waals surface area contributed by atoms with Crippen LogP contribution in [0.15, 0.2) is 48.5 Å². The van der Waals surface area contributed by atoms with E-state index in [2.05, 4.69) is 10.9 Å². The molecule has 0 aliphatic rings. The van der Waals surface area contributed by atoms with Crippen molar-refractivity contribution in [3.05, 3.63) is 65.5 Å². The van der Waals surface area contributed by atoms with Gasteiger partial charge in [-0.3, -0.25) is 20.4 Å². The zero-order chi connectivity index (χ0) is 19.9. The molecule has 0 saturated heterocycles. The number of hydrogen-bond acceptors (Lipinski definition) is 3. The summed E-state index contributed by atoms with van der Waals surface area (Å²) in [7, 11) is 0. The zero-order valence-corrected chi connectivity index (χ0v) is 14.0. The number of benzene rings is 2. The van der Waals surface area contributed by atoms with Gasteiger partial charge in [0.1, 0.15) is 11.6 Å². The van der Waals surface area contributed by atoms with E-state index in [4.69, 9.17) is 4.74 Å². The van der Waals surface area contributed by atoms with Gasteiger partial charge in [0.15, 0.2) is 6.61 Å². The van der Waals surface area contributed by atoms with Crippen molar-refractivity contribution in [1.29, 1.82) is 0 Å². The quantitative estimate of drug-likeness (QED) is 0.594. The maximum atomic E-state index is 12.8. The van der Waals surface area contributed by atoms with Crippen molar-refractivity contribution < 1.29 is 31.9 Å². The van der Waals surface area contributed by atoms with E-state index in [0.29, 0.717) is 6.42 Å². The summed E-state index contributed by atoms with van der Waals surface area (Å²) in [4.78, 5) is 23.3. The van der Waals surface area contributed by atoms with Crippen LogP contribution < -0.4 is 15.6 Å². The van der Waals surface area contributed by atoms with Crippen molar-refractivity contribution in [2.75, 3.05) is 6.61 Å². The molecule has 2 aromatic carbocycles. The van der Waals surface area contributed by atoms with Gasteiger partial charge in [0.25, 0.3) is 5.91 Å². The molecule has 0 fully saturated rings. The normalized spacial score (nSPS) is 11.0. The topological polar surface area (TPSA) is 67.4 Å². The third kappa shape index (κ3) is 6.96. The largest absolute Gasteiger partial charge is 0.484 e. The molecule has 0 saturated carbocycles. The lowest BCUT2D eigenvalue weighted by Crippen LogP contribution is -2.43. The number of halogens is 4. The van der Waals surface area contributed by atoms with Crippen LogP contribution in [-0.2, 0) is 22.2 Å². The first-order valence-electron chi connectivity index (χ1n) is 7.86. The first-order chi connectivity index (χ1) is 12.7. The number of carbonyl (C=O) groups is 2. The number of hydrazine groups is 1. The Labute approximate surface area is 152 Å². The van der Waals surface area contributed by atoms with Crippen LogP contribution in [-0.4, -0.2) is 18.4 Å². The maximum Gasteiger partial charge on any atom is 0.416 e. The fourth-order valence-electron chi connectivity index (χ4n) is 2.06. The summed E-state index contributed by atoms with van der Waals surface area (Å²) in [5.41, 5.74) is 4.12. The number of rotatable bonds is 6. The highest BCUT2D eigenvalue weighted by atomic mass is 19.4. The Bertz CT molecular complexity index is 792. The van der Waals surface area contributed by atoms with Gasteiger partial charge in [-0.05, 0) is 42.3 Å². The molecule has 0 aromatic heterocycles. The summed E-state index contributed by atoms with van der Waals surface area (Å²) in [5, 5.41) is 0. The monoisotopic (exact) mass is 384 g/mol. The van der Waals surface area contributed by atoms with Crippen molar-refractivity contribution in [2.24, 2.45) is 0 Å². The average molecular weight is 384 g/mol. The number of amides is 2. The summed E-state index contributed by atoms with van der Waals surface area (Å²) >= 11 is 0. The summed E-state index contributed by atoms with van der Waals surface area (Å²) in [6, 6.07) is 9.74. The molecular weight excluding hydrogens is 368 g/mol. The number of carbonyl (C=O) groups excluding carboxylic acids is 2. The van der Waals surface area contributed by atoms with Crippen LogP contribution in [0.3, 0.4) is 0 Å². The lowest BCUT2D eigenvalue weighted by Gasteiger charge is -2.11. The molecule has 2 rings (SSSR count). The molecule has 2 amide bonds. The van der Waals surface area contributed by atoms with Gasteiger partial charge in [-0.2, -0.15) is 13.2 Å². The molecule has 0 unspecified atom stereocenters. The van der Waals surface area contributed by atoms with Gasteiger partial charge in [0.2, 0.25) is 5.91 Å². The molecule has 144 valence electrons. The minimum Gasteiger partial charge on any atom is -0.484 e. The van der Waals surface area contributed by atoms with Crippen molar-refractivity contribution >= 4 is 11.8 Å². The summed E-state index contributed by atoms with van der Waals surface area (Å²) in [6.07, 6.45) is -4.11. The van der Waals surface area contributed by atoms with Crippen LogP contribution in [0.2, 0.25) is 0 Å². The second-order valence-electron chi connectivity index (χ2n) is 5.54. The van der Waals surface area contributed by atoms with Crippen molar-refractivity contribution in [3.63, 3.8) is 0 Å². The summed E-state index contributed by atoms with van der Waals surface area (Å²) < 4.78 is 55.5. The maximum absolute atomic E-state index is 12.8. The highest BCUT2D eigenvalue weighted by Crippen LogP contribution is 2.31. The minimum absolute atomic E-state index is 0.0559. The van der Waals surface area contributed by atoms with Gasteiger partial charge in [-0.1, -0.05) is 18.2 Å². The highest BCUT2D eigenvalue weighted by Gasteiger charge is 2.30. The molecule has 0 aliphatic carbocycles. The van der Waals surface area contributed by atoms with E-state index in [1.165, 1.54) is 18.2 Å². The molecule has 0 spiro atoms. The van der Waals surface area contributed by atoms with E-state index in [-0.39, 0.29) is 18.0 Å². The smallest absolute Gasteiger partial charge is 0.416 e. The lowest BCUT2D eigenvalue weighted by atomic mass is 10.1. The molecule has 0 bridgehead atoms. The fraction of sp³-hybridized carbons (Fsp3) is 0.222. The number of aryl methyl sites for hydroxylation is 1. The third-order valence-electron chi connectivity index (χ3n) is 3.43. The van der Waals surface area contributed by atoms with Crippen LogP contribution in [0.1, 0.15) is 17.5 Å². The van der Waals surface area contributed by atoms with Gasteiger partial charge >= 0.3 is 6.18 Å². The Hall–Kier alpha value is -3.10. The van der Waals surface area contributed by atoms with Crippen molar-refractivity contribution in [3.8, 4) is 5.75 Å². The molecule has 0 heterocycles. The van der Waals surface area contributed by atoms with E-state index >= 15 is 0 Å². The van der Waals surface area contributed by atoms with Crippen molar-refractivity contribution in [1.82, 2.24) is 10.9 Å². The van der Waals surface area contributed by atoms with Gasteiger partial charge in [0, 0.05) is 6.42 Å². The second-order valence-corrected chi connectivity index (χ2v) is 5.54. The van der Waals surface area contributed by atoms with Crippen molar-refractivity contribution in [2.45, 2.75) is 19.0 Å². The predicted octanol–water partition coefficient (Wildman–Crippen LogP) is 3.00. The Morgan fingerprint density at radius 2 is 1.63 bits per heavy atom. The first-order valence-corrected chi connectivity index (χ1v) is 7.86. The molecule has 9 heteroatoms. The molecule has 2 N–H and O–H groups in total. The molecule has 0 aliphatic heterocycles. The van der Waals surface area contributed by atoms with Gasteiger partial charge in [-0.25, -0.2) is 4.39 Å². The fourth-order valence-corrected chi connectivity index (χ4v) is 2.06. The lowest BCUT2D eigenvalue weighted by molar-refractivity contribution is -0.137. The van der Waals surface area contributed by atoms with E-state index in [1.54, 1.807) is 12.1 Å². The Kier molecular flexibility index (Phi) is 6.75. The minimum atomic E-state index is -4.51. The van der Waals surface area contributed by atoms with E-state index in [0.717, 1.165) is 23.8 Å². The van der Waals surface area contributed by atoms with Crippen LogP contribution >= 0.6 is 0 Å². The molecule has 2 aromatic rings. The molecule has 0 radical (unpaired) electrons. The first kappa shape index (κ1) is 20.2. The van der Waals surface area contributed by atoms with E-state index in [9.17, 15) is 27.2 Å². The molecule has 0 atom stereocenters. The number of ether oxygens (including phenoxy) is 1. The van der Waals surface area contributed by atoms with Crippen LogP contribution in [0.5, 0.6) is 5.75 Å². The molecular formula is C18H16F4N2O3. The zero-order valence-electron chi connectivity index (χ0n) is 14.0. The molecule has 5 nitrogen and oxygen atoms in total. The summed E-state index contributed by atoms with van der Waals surface area (Å²) in [6.45, 7) is -0.570. The number of alkyl halides is 3. The summed E-state index contributed by atoms with van der Waals surface area (Å²) in [5.74, 6) is -1.71. The average Bonchev–Trinajstić information content (AvgIpc) is 2.64. The predicted molar refractivity (Wildman–Crippen MR) is 87.9 cm³/mol. The van der Waals surface area contributed by atoms with Crippen LogP contribution in [0, 0.1) is 5.82 Å². The Morgan fingerprint density at radius 1 is 0.963 bits per heavy atom. The Balaban J connectivity index is 1.71. The number of hydrogen-bond donors (Lipinski definition) is 2.